The predicted octanol–water partition coefficient (Wildman–Crippen LogP) is 3.45. The molecule has 2 aromatic rings. The molecule has 0 aliphatic heterocycles. The molecule has 2 rings (SSSR count). The van der Waals surface area contributed by atoms with Gasteiger partial charge in [0.25, 0.3) is 0 Å². The van der Waals surface area contributed by atoms with Crippen LogP contribution in [-0.4, -0.2) is 10.2 Å². The molecule has 0 radical (unpaired) electrons. The summed E-state index contributed by atoms with van der Waals surface area (Å²) in [5.41, 5.74) is 0.870. The van der Waals surface area contributed by atoms with Gasteiger partial charge in [0, 0.05) is 6.07 Å². The van der Waals surface area contributed by atoms with E-state index in [9.17, 15) is 10.2 Å². The number of para-hydroxylation sites is 2. The highest BCUT2D eigenvalue weighted by Gasteiger charge is 2.05. The fraction of sp³-hybridized carbons (Fsp3) is 0.143. The minimum absolute atomic E-state index is 0.0755. The summed E-state index contributed by atoms with van der Waals surface area (Å²) in [6, 6.07) is 11.8. The lowest BCUT2D eigenvalue weighted by Gasteiger charge is -2.09. The monoisotopic (exact) mass is 230 g/mol. The van der Waals surface area contributed by atoms with Crippen molar-refractivity contribution in [3.63, 3.8) is 0 Å². The smallest absolute Gasteiger partial charge is 0.169 e. The molecule has 0 spiro atoms. The van der Waals surface area contributed by atoms with Crippen LogP contribution in [0.2, 0.25) is 0 Å². The molecule has 0 aromatic heterocycles. The maximum absolute atomic E-state index is 9.70. The van der Waals surface area contributed by atoms with Crippen molar-refractivity contribution < 1.29 is 14.9 Å². The van der Waals surface area contributed by atoms with E-state index >= 15 is 0 Å². The fourth-order valence-corrected chi connectivity index (χ4v) is 1.58. The van der Waals surface area contributed by atoms with Gasteiger partial charge in [0.15, 0.2) is 11.5 Å². The van der Waals surface area contributed by atoms with Gasteiger partial charge < -0.3 is 14.9 Å². The van der Waals surface area contributed by atoms with E-state index in [0.29, 0.717) is 11.5 Å². The third-order valence-electron chi connectivity index (χ3n) is 2.53. The fourth-order valence-electron chi connectivity index (χ4n) is 1.58. The minimum atomic E-state index is 0.0755. The van der Waals surface area contributed by atoms with Gasteiger partial charge in [0.1, 0.15) is 11.5 Å². The highest BCUT2D eigenvalue weighted by molar-refractivity contribution is 5.45. The molecule has 0 unspecified atom stereocenters. The van der Waals surface area contributed by atoms with Crippen LogP contribution in [0.5, 0.6) is 23.0 Å². The zero-order chi connectivity index (χ0) is 12.3. The van der Waals surface area contributed by atoms with E-state index in [2.05, 4.69) is 0 Å². The Morgan fingerprint density at radius 2 is 1.76 bits per heavy atom. The molecule has 0 heterocycles. The second-order valence-electron chi connectivity index (χ2n) is 3.71. The molecule has 0 aliphatic rings. The second-order valence-corrected chi connectivity index (χ2v) is 3.71. The predicted molar refractivity (Wildman–Crippen MR) is 65.7 cm³/mol. The van der Waals surface area contributed by atoms with Crippen molar-refractivity contribution >= 4 is 0 Å². The first-order chi connectivity index (χ1) is 8.20. The molecule has 0 atom stereocenters. The third-order valence-corrected chi connectivity index (χ3v) is 2.53. The van der Waals surface area contributed by atoms with Crippen LogP contribution in [0.15, 0.2) is 42.5 Å². The van der Waals surface area contributed by atoms with E-state index in [1.54, 1.807) is 36.4 Å². The van der Waals surface area contributed by atoms with E-state index in [1.165, 1.54) is 0 Å². The van der Waals surface area contributed by atoms with Gasteiger partial charge in [-0.25, -0.2) is 0 Å². The molecule has 0 amide bonds. The van der Waals surface area contributed by atoms with Gasteiger partial charge in [0.05, 0.1) is 0 Å². The topological polar surface area (TPSA) is 49.7 Å². The van der Waals surface area contributed by atoms with Gasteiger partial charge in [-0.1, -0.05) is 25.1 Å². The van der Waals surface area contributed by atoms with Gasteiger partial charge in [-0.15, -0.1) is 0 Å². The lowest BCUT2D eigenvalue weighted by atomic mass is 10.1. The van der Waals surface area contributed by atoms with Gasteiger partial charge >= 0.3 is 0 Å². The number of phenolic OH excluding ortho intramolecular Hbond substituents is 2. The standard InChI is InChI=1S/C14H14O3/c1-2-10-7-8-11(9-13(10)16)17-14-6-4-3-5-12(14)15/h3-9,15-16H,2H2,1H3. The van der Waals surface area contributed by atoms with Gasteiger partial charge in [-0.2, -0.15) is 0 Å². The van der Waals surface area contributed by atoms with Crippen LogP contribution < -0.4 is 4.74 Å². The number of benzene rings is 2. The average Bonchev–Trinajstić information content (AvgIpc) is 2.32. The Labute approximate surface area is 99.9 Å². The zero-order valence-corrected chi connectivity index (χ0v) is 9.55. The minimum Gasteiger partial charge on any atom is -0.508 e. The highest BCUT2D eigenvalue weighted by atomic mass is 16.5. The molecule has 0 bridgehead atoms. The number of aryl methyl sites for hydroxylation is 1. The van der Waals surface area contributed by atoms with Gasteiger partial charge in [-0.05, 0) is 30.2 Å². The van der Waals surface area contributed by atoms with Crippen LogP contribution in [0.4, 0.5) is 0 Å². The van der Waals surface area contributed by atoms with Crippen molar-refractivity contribution in [3.05, 3.63) is 48.0 Å². The number of phenols is 2. The Morgan fingerprint density at radius 1 is 1.00 bits per heavy atom. The lowest BCUT2D eigenvalue weighted by Crippen LogP contribution is -1.87. The average molecular weight is 230 g/mol. The summed E-state index contributed by atoms with van der Waals surface area (Å²) in [5.74, 6) is 1.16. The third kappa shape index (κ3) is 2.50. The summed E-state index contributed by atoms with van der Waals surface area (Å²) in [4.78, 5) is 0. The molecule has 0 fully saturated rings. The van der Waals surface area contributed by atoms with Crippen molar-refractivity contribution in [2.75, 3.05) is 0 Å². The van der Waals surface area contributed by atoms with E-state index in [4.69, 9.17) is 4.74 Å². The lowest BCUT2D eigenvalue weighted by molar-refractivity contribution is 0.407. The highest BCUT2D eigenvalue weighted by Crippen LogP contribution is 2.32. The molecular formula is C14H14O3. The summed E-state index contributed by atoms with van der Waals surface area (Å²) >= 11 is 0. The Balaban J connectivity index is 2.25. The molecule has 0 saturated heterocycles. The van der Waals surface area contributed by atoms with Crippen molar-refractivity contribution in [1.29, 1.82) is 0 Å². The van der Waals surface area contributed by atoms with Crippen LogP contribution in [0.1, 0.15) is 12.5 Å². The zero-order valence-electron chi connectivity index (χ0n) is 9.55. The molecule has 2 N–H and O–H groups in total. The molecule has 88 valence electrons. The largest absolute Gasteiger partial charge is 0.508 e. The number of rotatable bonds is 3. The van der Waals surface area contributed by atoms with E-state index in [1.807, 2.05) is 13.0 Å². The molecule has 0 saturated carbocycles. The summed E-state index contributed by atoms with van der Waals surface area (Å²) in [6.45, 7) is 1.97. The number of hydrogen-bond donors (Lipinski definition) is 2. The second kappa shape index (κ2) is 4.78. The molecular weight excluding hydrogens is 216 g/mol. The number of aromatic hydroxyl groups is 2. The first-order valence-corrected chi connectivity index (χ1v) is 5.48. The SMILES string of the molecule is CCc1ccc(Oc2ccccc2O)cc1O. The molecule has 3 heteroatoms. The first kappa shape index (κ1) is 11.3. The van der Waals surface area contributed by atoms with Crippen LogP contribution in [0, 0.1) is 0 Å². The number of ether oxygens (including phenoxy) is 1. The van der Waals surface area contributed by atoms with Crippen molar-refractivity contribution in [1.82, 2.24) is 0 Å². The molecule has 0 aliphatic carbocycles. The van der Waals surface area contributed by atoms with Crippen LogP contribution in [-0.2, 0) is 6.42 Å². The van der Waals surface area contributed by atoms with E-state index < -0.39 is 0 Å². The van der Waals surface area contributed by atoms with Gasteiger partial charge in [0.2, 0.25) is 0 Å². The summed E-state index contributed by atoms with van der Waals surface area (Å²) < 4.78 is 5.48. The molecule has 17 heavy (non-hydrogen) atoms. The first-order valence-electron chi connectivity index (χ1n) is 5.48. The maximum atomic E-state index is 9.70. The Morgan fingerprint density at radius 3 is 2.41 bits per heavy atom. The quantitative estimate of drug-likeness (QED) is 0.849. The Hall–Kier alpha value is -2.16. The van der Waals surface area contributed by atoms with E-state index in [0.717, 1.165) is 12.0 Å². The number of hydrogen-bond acceptors (Lipinski definition) is 3. The Bertz CT molecular complexity index is 521. The van der Waals surface area contributed by atoms with Crippen molar-refractivity contribution in [3.8, 4) is 23.0 Å². The maximum Gasteiger partial charge on any atom is 0.169 e. The summed E-state index contributed by atoms with van der Waals surface area (Å²) in [7, 11) is 0. The summed E-state index contributed by atoms with van der Waals surface area (Å²) in [5, 5.41) is 19.3. The van der Waals surface area contributed by atoms with Crippen LogP contribution in [0.3, 0.4) is 0 Å². The summed E-state index contributed by atoms with van der Waals surface area (Å²) in [6.07, 6.45) is 0.767. The molecule has 3 nitrogen and oxygen atoms in total. The van der Waals surface area contributed by atoms with Crippen LogP contribution >= 0.6 is 0 Å². The van der Waals surface area contributed by atoms with Crippen LogP contribution in [0.25, 0.3) is 0 Å². The molecule has 2 aromatic carbocycles. The van der Waals surface area contributed by atoms with Crippen molar-refractivity contribution in [2.45, 2.75) is 13.3 Å². The van der Waals surface area contributed by atoms with Crippen molar-refractivity contribution in [2.24, 2.45) is 0 Å². The Kier molecular flexibility index (Phi) is 3.19. The normalized spacial score (nSPS) is 10.2. The van der Waals surface area contributed by atoms with E-state index in [-0.39, 0.29) is 11.5 Å². The van der Waals surface area contributed by atoms with Gasteiger partial charge in [-0.3, -0.25) is 0 Å².